The zero-order valence-electron chi connectivity index (χ0n) is 10.7. The van der Waals surface area contributed by atoms with Crippen LogP contribution in [0.3, 0.4) is 0 Å². The summed E-state index contributed by atoms with van der Waals surface area (Å²) in [5.74, 6) is 0.543. The van der Waals surface area contributed by atoms with Crippen molar-refractivity contribution in [3.05, 3.63) is 34.3 Å². The minimum atomic E-state index is -0.0353. The molecule has 0 aliphatic rings. The molecule has 0 amide bonds. The van der Waals surface area contributed by atoms with E-state index in [0.29, 0.717) is 5.92 Å². The van der Waals surface area contributed by atoms with Crippen LogP contribution in [0.2, 0.25) is 0 Å². The largest absolute Gasteiger partial charge is 0.379 e. The first-order chi connectivity index (χ1) is 7.98. The van der Waals surface area contributed by atoms with Crippen molar-refractivity contribution in [1.82, 2.24) is 0 Å². The number of ether oxygens (including phenoxy) is 1. The summed E-state index contributed by atoms with van der Waals surface area (Å²) in [4.78, 5) is 0. The molecule has 0 radical (unpaired) electrons. The zero-order chi connectivity index (χ0) is 12.9. The number of hydrogen-bond acceptors (Lipinski definition) is 1. The Balaban J connectivity index is 2.66. The van der Waals surface area contributed by atoms with Crippen LogP contribution >= 0.6 is 31.9 Å². The van der Waals surface area contributed by atoms with Gasteiger partial charge in [-0.25, -0.2) is 0 Å². The average molecular weight is 364 g/mol. The minimum Gasteiger partial charge on any atom is -0.379 e. The number of alkyl halides is 1. The lowest BCUT2D eigenvalue weighted by Crippen LogP contribution is -2.23. The van der Waals surface area contributed by atoms with Gasteiger partial charge in [-0.3, -0.25) is 0 Å². The van der Waals surface area contributed by atoms with Gasteiger partial charge in [-0.2, -0.15) is 0 Å². The molecule has 0 saturated heterocycles. The Labute approximate surface area is 121 Å². The normalized spacial score (nSPS) is 13.7. The smallest absolute Gasteiger partial charge is 0.0623 e. The fourth-order valence-corrected chi connectivity index (χ4v) is 2.83. The second kappa shape index (κ2) is 6.91. The molecule has 0 bridgehead atoms. The Morgan fingerprint density at radius 2 is 2.06 bits per heavy atom. The topological polar surface area (TPSA) is 9.23 Å². The predicted octanol–water partition coefficient (Wildman–Crippen LogP) is 5.13. The van der Waals surface area contributed by atoms with Crippen LogP contribution in [0.15, 0.2) is 28.7 Å². The van der Waals surface area contributed by atoms with Gasteiger partial charge in [0.2, 0.25) is 0 Å². The SMILES string of the molecule is COC(C)(C)CCC(CBr)c1cccc(Br)c1. The molecule has 0 aromatic heterocycles. The summed E-state index contributed by atoms with van der Waals surface area (Å²) in [6.45, 7) is 4.28. The van der Waals surface area contributed by atoms with E-state index in [4.69, 9.17) is 4.74 Å². The fraction of sp³-hybridized carbons (Fsp3) is 0.571. The van der Waals surface area contributed by atoms with Crippen LogP contribution in [0.4, 0.5) is 0 Å². The van der Waals surface area contributed by atoms with E-state index in [-0.39, 0.29) is 5.60 Å². The maximum atomic E-state index is 5.47. The van der Waals surface area contributed by atoms with Crippen molar-refractivity contribution in [2.45, 2.75) is 38.2 Å². The maximum absolute atomic E-state index is 5.47. The molecule has 0 heterocycles. The van der Waals surface area contributed by atoms with Gasteiger partial charge in [-0.1, -0.05) is 44.0 Å². The van der Waals surface area contributed by atoms with Gasteiger partial charge in [0, 0.05) is 16.9 Å². The molecule has 3 heteroatoms. The Bertz CT molecular complexity index is 350. The minimum absolute atomic E-state index is 0.0353. The number of hydrogen-bond donors (Lipinski definition) is 0. The summed E-state index contributed by atoms with van der Waals surface area (Å²) in [6.07, 6.45) is 2.19. The maximum Gasteiger partial charge on any atom is 0.0623 e. The average Bonchev–Trinajstić information content (AvgIpc) is 2.30. The third-order valence-corrected chi connectivity index (χ3v) is 4.43. The molecule has 0 aliphatic heterocycles. The van der Waals surface area contributed by atoms with Crippen LogP contribution < -0.4 is 0 Å². The van der Waals surface area contributed by atoms with Crippen molar-refractivity contribution < 1.29 is 4.74 Å². The van der Waals surface area contributed by atoms with Gasteiger partial charge in [0.15, 0.2) is 0 Å². The third kappa shape index (κ3) is 5.11. The third-order valence-electron chi connectivity index (χ3n) is 3.15. The van der Waals surface area contributed by atoms with E-state index in [1.807, 2.05) is 0 Å². The number of methoxy groups -OCH3 is 1. The number of benzene rings is 1. The van der Waals surface area contributed by atoms with E-state index in [0.717, 1.165) is 22.6 Å². The summed E-state index contributed by atoms with van der Waals surface area (Å²) < 4.78 is 6.61. The summed E-state index contributed by atoms with van der Waals surface area (Å²) in [7, 11) is 1.78. The molecule has 96 valence electrons. The van der Waals surface area contributed by atoms with Crippen molar-refractivity contribution in [2.75, 3.05) is 12.4 Å². The highest BCUT2D eigenvalue weighted by Crippen LogP contribution is 2.29. The first kappa shape index (κ1) is 15.2. The van der Waals surface area contributed by atoms with Gasteiger partial charge in [0.1, 0.15) is 0 Å². The first-order valence-corrected chi connectivity index (χ1v) is 7.76. The standard InChI is InChI=1S/C14H20Br2O/c1-14(2,17-3)8-7-12(10-15)11-5-4-6-13(16)9-11/h4-6,9,12H,7-8,10H2,1-3H3. The Morgan fingerprint density at radius 1 is 1.35 bits per heavy atom. The molecule has 1 unspecified atom stereocenters. The quantitative estimate of drug-likeness (QED) is 0.636. The van der Waals surface area contributed by atoms with E-state index < -0.39 is 0 Å². The Morgan fingerprint density at radius 3 is 2.59 bits per heavy atom. The Hall–Kier alpha value is 0.140. The van der Waals surface area contributed by atoms with Crippen LogP contribution in [-0.2, 0) is 4.74 Å². The van der Waals surface area contributed by atoms with Crippen molar-refractivity contribution in [2.24, 2.45) is 0 Å². The summed E-state index contributed by atoms with van der Waals surface area (Å²) in [5, 5.41) is 0.989. The molecule has 0 fully saturated rings. The van der Waals surface area contributed by atoms with Crippen LogP contribution in [-0.4, -0.2) is 18.0 Å². The summed E-state index contributed by atoms with van der Waals surface area (Å²) in [5.41, 5.74) is 1.34. The van der Waals surface area contributed by atoms with Crippen molar-refractivity contribution in [3.8, 4) is 0 Å². The van der Waals surface area contributed by atoms with Gasteiger partial charge >= 0.3 is 0 Å². The fourth-order valence-electron chi connectivity index (χ4n) is 1.72. The molecule has 1 aromatic rings. The van der Waals surface area contributed by atoms with Gasteiger partial charge < -0.3 is 4.74 Å². The molecular formula is C14H20Br2O. The monoisotopic (exact) mass is 362 g/mol. The lowest BCUT2D eigenvalue weighted by molar-refractivity contribution is 0.0128. The van der Waals surface area contributed by atoms with Crippen molar-refractivity contribution in [3.63, 3.8) is 0 Å². The van der Waals surface area contributed by atoms with Gasteiger partial charge in [-0.05, 0) is 50.3 Å². The van der Waals surface area contributed by atoms with E-state index >= 15 is 0 Å². The van der Waals surface area contributed by atoms with Crippen LogP contribution in [0, 0.1) is 0 Å². The number of halogens is 2. The lowest BCUT2D eigenvalue weighted by atomic mass is 9.91. The molecule has 1 rings (SSSR count). The number of rotatable bonds is 6. The van der Waals surface area contributed by atoms with E-state index in [1.54, 1.807) is 7.11 Å². The van der Waals surface area contributed by atoms with Gasteiger partial charge in [0.05, 0.1) is 5.60 Å². The highest BCUT2D eigenvalue weighted by molar-refractivity contribution is 9.10. The van der Waals surface area contributed by atoms with Crippen LogP contribution in [0.5, 0.6) is 0 Å². The van der Waals surface area contributed by atoms with Crippen molar-refractivity contribution in [1.29, 1.82) is 0 Å². The zero-order valence-corrected chi connectivity index (χ0v) is 13.8. The highest BCUT2D eigenvalue weighted by Gasteiger charge is 2.19. The predicted molar refractivity (Wildman–Crippen MR) is 81.0 cm³/mol. The molecule has 1 nitrogen and oxygen atoms in total. The molecule has 17 heavy (non-hydrogen) atoms. The van der Waals surface area contributed by atoms with E-state index in [2.05, 4.69) is 70.0 Å². The van der Waals surface area contributed by atoms with Crippen molar-refractivity contribution >= 4 is 31.9 Å². The molecule has 0 aliphatic carbocycles. The summed E-state index contributed by atoms with van der Waals surface area (Å²) >= 11 is 7.13. The van der Waals surface area contributed by atoms with Gasteiger partial charge in [-0.15, -0.1) is 0 Å². The van der Waals surface area contributed by atoms with E-state index in [9.17, 15) is 0 Å². The molecule has 1 aromatic carbocycles. The summed E-state index contributed by atoms with van der Waals surface area (Å²) in [6, 6.07) is 8.55. The lowest BCUT2D eigenvalue weighted by Gasteiger charge is -2.25. The molecule has 0 spiro atoms. The molecule has 0 saturated carbocycles. The van der Waals surface area contributed by atoms with Gasteiger partial charge in [0.25, 0.3) is 0 Å². The Kier molecular flexibility index (Phi) is 6.18. The molecular weight excluding hydrogens is 344 g/mol. The highest BCUT2D eigenvalue weighted by atomic mass is 79.9. The second-order valence-electron chi connectivity index (χ2n) is 4.91. The van der Waals surface area contributed by atoms with E-state index in [1.165, 1.54) is 5.56 Å². The molecule has 1 atom stereocenters. The molecule has 0 N–H and O–H groups in total. The first-order valence-electron chi connectivity index (χ1n) is 5.85. The van der Waals surface area contributed by atoms with Crippen LogP contribution in [0.25, 0.3) is 0 Å². The second-order valence-corrected chi connectivity index (χ2v) is 6.47. The van der Waals surface area contributed by atoms with Crippen LogP contribution in [0.1, 0.15) is 38.2 Å².